The largest absolute Gasteiger partial charge is 0.342 e. The summed E-state index contributed by atoms with van der Waals surface area (Å²) >= 11 is 0. The molecule has 5 heteroatoms. The molecule has 3 heterocycles. The van der Waals surface area contributed by atoms with E-state index in [1.54, 1.807) is 0 Å². The van der Waals surface area contributed by atoms with Gasteiger partial charge in [0.05, 0.1) is 5.56 Å². The molecule has 5 nitrogen and oxygen atoms in total. The molecule has 0 unspecified atom stereocenters. The zero-order chi connectivity index (χ0) is 21.1. The molecular formula is C25H33N3O2. The summed E-state index contributed by atoms with van der Waals surface area (Å²) in [7, 11) is 0. The molecule has 2 saturated heterocycles. The summed E-state index contributed by atoms with van der Waals surface area (Å²) in [5.41, 5.74) is 3.89. The molecule has 2 aliphatic rings. The molecule has 4 rings (SSSR count). The van der Waals surface area contributed by atoms with Crippen molar-refractivity contribution in [1.29, 1.82) is 0 Å². The number of likely N-dealkylation sites (tertiary alicyclic amines) is 2. The van der Waals surface area contributed by atoms with Gasteiger partial charge in [-0.2, -0.15) is 0 Å². The number of hydrogen-bond donors (Lipinski definition) is 0. The van der Waals surface area contributed by atoms with Crippen LogP contribution in [0.4, 0.5) is 0 Å². The number of nitrogens with zero attached hydrogens (tertiary/aromatic N) is 3. The van der Waals surface area contributed by atoms with E-state index in [9.17, 15) is 9.59 Å². The molecule has 0 N–H and O–H groups in total. The fourth-order valence-corrected chi connectivity index (χ4v) is 5.00. The Kier molecular flexibility index (Phi) is 6.26. The van der Waals surface area contributed by atoms with Crippen LogP contribution in [-0.4, -0.2) is 52.4 Å². The van der Waals surface area contributed by atoms with Crippen molar-refractivity contribution in [3.8, 4) is 5.69 Å². The smallest absolute Gasteiger partial charge is 0.255 e. The predicted octanol–water partition coefficient (Wildman–Crippen LogP) is 4.35. The van der Waals surface area contributed by atoms with Gasteiger partial charge in [-0.15, -0.1) is 0 Å². The Morgan fingerprint density at radius 3 is 2.10 bits per heavy atom. The number of piperidine rings is 1. The van der Waals surface area contributed by atoms with E-state index in [4.69, 9.17) is 0 Å². The molecule has 1 aromatic heterocycles. The van der Waals surface area contributed by atoms with Crippen molar-refractivity contribution >= 4 is 11.8 Å². The maximum absolute atomic E-state index is 13.3. The summed E-state index contributed by atoms with van der Waals surface area (Å²) in [6.07, 6.45) is 6.27. The van der Waals surface area contributed by atoms with Gasteiger partial charge in [-0.25, -0.2) is 0 Å². The van der Waals surface area contributed by atoms with Gasteiger partial charge >= 0.3 is 0 Å². The maximum Gasteiger partial charge on any atom is 0.255 e. The number of carbonyl (C=O) groups is 2. The minimum Gasteiger partial charge on any atom is -0.342 e. The van der Waals surface area contributed by atoms with Crippen LogP contribution in [0.3, 0.4) is 0 Å². The van der Waals surface area contributed by atoms with Gasteiger partial charge < -0.3 is 14.4 Å². The van der Waals surface area contributed by atoms with E-state index in [1.165, 1.54) is 12.8 Å². The second-order valence-corrected chi connectivity index (χ2v) is 8.76. The Balaban J connectivity index is 1.42. The quantitative estimate of drug-likeness (QED) is 0.759. The monoisotopic (exact) mass is 407 g/mol. The van der Waals surface area contributed by atoms with E-state index in [0.717, 1.165) is 61.4 Å². The van der Waals surface area contributed by atoms with Crippen LogP contribution in [0.1, 0.15) is 60.3 Å². The predicted molar refractivity (Wildman–Crippen MR) is 119 cm³/mol. The Labute approximate surface area is 179 Å². The highest BCUT2D eigenvalue weighted by Crippen LogP contribution is 2.26. The van der Waals surface area contributed by atoms with Gasteiger partial charge in [0.15, 0.2) is 0 Å². The summed E-state index contributed by atoms with van der Waals surface area (Å²) in [5.74, 6) is 0.473. The lowest BCUT2D eigenvalue weighted by molar-refractivity contribution is -0.136. The van der Waals surface area contributed by atoms with Gasteiger partial charge in [0, 0.05) is 49.2 Å². The summed E-state index contributed by atoms with van der Waals surface area (Å²) in [4.78, 5) is 30.2. The first-order valence-corrected chi connectivity index (χ1v) is 11.4. The molecule has 0 atom stereocenters. The first-order valence-electron chi connectivity index (χ1n) is 11.4. The number of benzene rings is 1. The van der Waals surface area contributed by atoms with Gasteiger partial charge in [-0.05, 0) is 57.7 Å². The van der Waals surface area contributed by atoms with Crippen molar-refractivity contribution in [2.75, 3.05) is 26.2 Å². The van der Waals surface area contributed by atoms with E-state index in [1.807, 2.05) is 43.0 Å². The molecule has 0 bridgehead atoms. The Bertz CT molecular complexity index is 887. The molecule has 0 saturated carbocycles. The molecule has 2 amide bonds. The number of aromatic nitrogens is 1. The van der Waals surface area contributed by atoms with Crippen LogP contribution in [0.2, 0.25) is 0 Å². The van der Waals surface area contributed by atoms with Gasteiger partial charge in [-0.3, -0.25) is 9.59 Å². The zero-order valence-corrected chi connectivity index (χ0v) is 18.3. The van der Waals surface area contributed by atoms with Crippen LogP contribution in [0.25, 0.3) is 5.69 Å². The number of para-hydroxylation sites is 1. The lowest BCUT2D eigenvalue weighted by Crippen LogP contribution is -2.44. The molecule has 0 spiro atoms. The fraction of sp³-hybridized carbons (Fsp3) is 0.520. The zero-order valence-electron chi connectivity index (χ0n) is 18.3. The fourth-order valence-electron chi connectivity index (χ4n) is 5.00. The van der Waals surface area contributed by atoms with Crippen molar-refractivity contribution in [3.63, 3.8) is 0 Å². The first-order chi connectivity index (χ1) is 14.6. The molecule has 30 heavy (non-hydrogen) atoms. The van der Waals surface area contributed by atoms with Crippen molar-refractivity contribution in [2.45, 2.75) is 52.4 Å². The third-order valence-electron chi connectivity index (χ3n) is 6.73. The Hall–Kier alpha value is -2.56. The van der Waals surface area contributed by atoms with Crippen LogP contribution in [0, 0.1) is 19.8 Å². The maximum atomic E-state index is 13.3. The highest BCUT2D eigenvalue weighted by Gasteiger charge is 2.31. The van der Waals surface area contributed by atoms with Crippen molar-refractivity contribution in [1.82, 2.24) is 14.4 Å². The van der Waals surface area contributed by atoms with E-state index >= 15 is 0 Å². The first kappa shape index (κ1) is 20.7. The topological polar surface area (TPSA) is 45.6 Å². The van der Waals surface area contributed by atoms with Crippen LogP contribution >= 0.6 is 0 Å². The summed E-state index contributed by atoms with van der Waals surface area (Å²) in [6.45, 7) is 7.20. The van der Waals surface area contributed by atoms with Gasteiger partial charge in [0.2, 0.25) is 5.91 Å². The molecule has 0 radical (unpaired) electrons. The molecule has 0 aliphatic carbocycles. The average molecular weight is 408 g/mol. The van der Waals surface area contributed by atoms with Crippen molar-refractivity contribution in [3.05, 3.63) is 53.3 Å². The number of rotatable bonds is 3. The van der Waals surface area contributed by atoms with Gasteiger partial charge in [0.25, 0.3) is 5.91 Å². The van der Waals surface area contributed by atoms with Crippen molar-refractivity contribution in [2.24, 2.45) is 5.92 Å². The van der Waals surface area contributed by atoms with Crippen LogP contribution in [0.15, 0.2) is 36.4 Å². The normalized spacial score (nSPS) is 18.3. The molecular weight excluding hydrogens is 374 g/mol. The highest BCUT2D eigenvalue weighted by atomic mass is 16.2. The number of carbonyl (C=O) groups excluding carboxylic acids is 2. The van der Waals surface area contributed by atoms with E-state index in [0.29, 0.717) is 19.0 Å². The third-order valence-corrected chi connectivity index (χ3v) is 6.73. The lowest BCUT2D eigenvalue weighted by Gasteiger charge is -2.34. The number of amides is 2. The van der Waals surface area contributed by atoms with E-state index in [2.05, 4.69) is 21.6 Å². The molecule has 2 aliphatic heterocycles. The minimum atomic E-state index is 0.0731. The second-order valence-electron chi connectivity index (χ2n) is 8.76. The van der Waals surface area contributed by atoms with Gasteiger partial charge in [-0.1, -0.05) is 31.0 Å². The highest BCUT2D eigenvalue weighted by molar-refractivity contribution is 5.96. The minimum absolute atomic E-state index is 0.0731. The number of aryl methyl sites for hydroxylation is 1. The summed E-state index contributed by atoms with van der Waals surface area (Å²) in [6, 6.07) is 12.2. The van der Waals surface area contributed by atoms with Gasteiger partial charge in [0.1, 0.15) is 0 Å². The second kappa shape index (κ2) is 9.07. The molecule has 2 fully saturated rings. The molecule has 1 aromatic carbocycles. The Morgan fingerprint density at radius 1 is 0.833 bits per heavy atom. The average Bonchev–Trinajstić information content (AvgIpc) is 2.94. The Morgan fingerprint density at radius 2 is 1.47 bits per heavy atom. The lowest BCUT2D eigenvalue weighted by atomic mass is 9.94. The number of hydrogen-bond acceptors (Lipinski definition) is 2. The standard InChI is InChI=1S/C25H33N3O2/c1-19-18-23(20(2)28(19)22-10-6-5-7-11-22)25(30)27-16-12-21(13-17-27)24(29)26-14-8-3-4-9-15-26/h5-7,10-11,18,21H,3-4,8-9,12-17H2,1-2H3. The van der Waals surface area contributed by atoms with E-state index in [-0.39, 0.29) is 11.8 Å². The van der Waals surface area contributed by atoms with Crippen LogP contribution < -0.4 is 0 Å². The summed E-state index contributed by atoms with van der Waals surface area (Å²) in [5, 5.41) is 0. The molecule has 160 valence electrons. The van der Waals surface area contributed by atoms with Crippen LogP contribution in [-0.2, 0) is 4.79 Å². The molecule has 2 aromatic rings. The summed E-state index contributed by atoms with van der Waals surface area (Å²) < 4.78 is 2.14. The van der Waals surface area contributed by atoms with E-state index < -0.39 is 0 Å². The van der Waals surface area contributed by atoms with Crippen LogP contribution in [0.5, 0.6) is 0 Å². The SMILES string of the molecule is Cc1cc(C(=O)N2CCC(C(=O)N3CCCCCC3)CC2)c(C)n1-c1ccccc1. The van der Waals surface area contributed by atoms with Crippen molar-refractivity contribution < 1.29 is 9.59 Å². The third kappa shape index (κ3) is 4.16.